The first-order valence-electron chi connectivity index (χ1n) is 15.8. The van der Waals surface area contributed by atoms with Gasteiger partial charge in [0.15, 0.2) is 6.23 Å². The molecule has 48 heavy (non-hydrogen) atoms. The smallest absolute Gasteiger partial charge is 0.411 e. The fraction of sp³-hybridized carbons (Fsp3) is 0.333. The molecule has 1 aromatic heterocycles. The van der Waals surface area contributed by atoms with E-state index in [0.717, 1.165) is 42.5 Å². The van der Waals surface area contributed by atoms with Gasteiger partial charge in [-0.2, -0.15) is 5.10 Å². The van der Waals surface area contributed by atoms with Crippen LogP contribution in [0.3, 0.4) is 0 Å². The molecule has 1 amide bonds. The number of nitro groups is 1. The number of ether oxygens (including phenoxy) is 2. The van der Waals surface area contributed by atoms with Gasteiger partial charge in [0.25, 0.3) is 5.69 Å². The van der Waals surface area contributed by atoms with Gasteiger partial charge in [0.2, 0.25) is 0 Å². The number of rotatable bonds is 11. The third kappa shape index (κ3) is 6.70. The van der Waals surface area contributed by atoms with Crippen molar-refractivity contribution in [1.29, 1.82) is 0 Å². The summed E-state index contributed by atoms with van der Waals surface area (Å²) in [7, 11) is 0. The number of aliphatic carboxylic acids is 1. The van der Waals surface area contributed by atoms with E-state index in [9.17, 15) is 29.6 Å². The van der Waals surface area contributed by atoms with Crippen molar-refractivity contribution < 1.29 is 33.9 Å². The zero-order valence-corrected chi connectivity index (χ0v) is 26.7. The number of nitrogens with zero attached hydrogens (tertiary/aromatic N) is 3. The maximum atomic E-state index is 12.6. The highest BCUT2D eigenvalue weighted by molar-refractivity contribution is 5.93. The Balaban J connectivity index is 1.45. The molecular formula is C36H36N4O8. The molecule has 6 rings (SSSR count). The quantitative estimate of drug-likeness (QED) is 0.0772. The first-order valence-corrected chi connectivity index (χ1v) is 15.8. The van der Waals surface area contributed by atoms with Gasteiger partial charge >= 0.3 is 12.1 Å². The van der Waals surface area contributed by atoms with E-state index in [2.05, 4.69) is 19.2 Å². The number of carboxylic acids is 1. The van der Waals surface area contributed by atoms with Crippen LogP contribution in [-0.2, 0) is 44.9 Å². The molecule has 3 aromatic carbocycles. The molecule has 4 aromatic rings. The van der Waals surface area contributed by atoms with E-state index in [1.165, 1.54) is 18.2 Å². The van der Waals surface area contributed by atoms with Gasteiger partial charge in [-0.15, -0.1) is 0 Å². The van der Waals surface area contributed by atoms with Gasteiger partial charge in [0.05, 0.1) is 28.5 Å². The minimum Gasteiger partial charge on any atom is -0.481 e. The van der Waals surface area contributed by atoms with Gasteiger partial charge in [0, 0.05) is 34.9 Å². The third-order valence-corrected chi connectivity index (χ3v) is 9.01. The molecule has 2 atom stereocenters. The van der Waals surface area contributed by atoms with E-state index >= 15 is 0 Å². The molecule has 0 spiro atoms. The van der Waals surface area contributed by atoms with Crippen molar-refractivity contribution in [3.05, 3.63) is 99.2 Å². The molecule has 0 radical (unpaired) electrons. The lowest BCUT2D eigenvalue weighted by Gasteiger charge is -2.33. The Morgan fingerprint density at radius 2 is 1.94 bits per heavy atom. The Morgan fingerprint density at radius 3 is 2.60 bits per heavy atom. The first-order chi connectivity index (χ1) is 23.0. The fourth-order valence-electron chi connectivity index (χ4n) is 6.39. The standard InChI is InChI=1S/C36H36N4O8/c1-36(2)15-13-27-30(19-36)39(31-14-16-47-31)38-33(27)28-10-6-9-23(17-24(20-41)34(42)43)32(28)26-12-11-25(18-29(26)40(45)46)37-35(44)48-21-22-7-4-3-5-8-22/h3-12,18,20,24,31H,13-17,19,21H2,1-2H3,(H,37,44)(H,42,43). The summed E-state index contributed by atoms with van der Waals surface area (Å²) in [4.78, 5) is 48.4. The molecule has 1 aliphatic heterocycles. The summed E-state index contributed by atoms with van der Waals surface area (Å²) >= 11 is 0. The van der Waals surface area contributed by atoms with Crippen LogP contribution in [0.25, 0.3) is 22.4 Å². The Bertz CT molecular complexity index is 1880. The summed E-state index contributed by atoms with van der Waals surface area (Å²) in [6.07, 6.45) is 2.42. The molecule has 2 aliphatic rings. The molecule has 1 fully saturated rings. The van der Waals surface area contributed by atoms with Crippen molar-refractivity contribution in [2.75, 3.05) is 11.9 Å². The molecular weight excluding hydrogens is 616 g/mol. The summed E-state index contributed by atoms with van der Waals surface area (Å²) in [5.41, 5.74) is 5.00. The predicted octanol–water partition coefficient (Wildman–Crippen LogP) is 6.75. The number of aromatic nitrogens is 2. The van der Waals surface area contributed by atoms with Crippen LogP contribution in [0, 0.1) is 21.4 Å². The van der Waals surface area contributed by atoms with Gasteiger partial charge in [-0.05, 0) is 54.4 Å². The minimum absolute atomic E-state index is 0.0190. The van der Waals surface area contributed by atoms with Crippen LogP contribution in [0.5, 0.6) is 0 Å². The lowest BCUT2D eigenvalue weighted by molar-refractivity contribution is -0.384. The average Bonchev–Trinajstić information content (AvgIpc) is 3.38. The van der Waals surface area contributed by atoms with E-state index in [0.29, 0.717) is 35.3 Å². The molecule has 2 N–H and O–H groups in total. The normalized spacial score (nSPS) is 17.0. The highest BCUT2D eigenvalue weighted by Gasteiger charge is 2.36. The number of anilines is 1. The van der Waals surface area contributed by atoms with Gasteiger partial charge in [-0.25, -0.2) is 9.48 Å². The Kier molecular flexibility index (Phi) is 9.09. The number of amides is 1. The van der Waals surface area contributed by atoms with Crippen LogP contribution in [0.4, 0.5) is 16.2 Å². The molecule has 248 valence electrons. The topological polar surface area (TPSA) is 163 Å². The zero-order valence-electron chi connectivity index (χ0n) is 26.7. The third-order valence-electron chi connectivity index (χ3n) is 9.01. The minimum atomic E-state index is -1.37. The van der Waals surface area contributed by atoms with Crippen molar-refractivity contribution >= 4 is 29.7 Å². The average molecular weight is 653 g/mol. The summed E-state index contributed by atoms with van der Waals surface area (Å²) in [5.74, 6) is -2.66. The molecule has 12 nitrogen and oxygen atoms in total. The van der Waals surface area contributed by atoms with Crippen molar-refractivity contribution in [3.8, 4) is 22.4 Å². The number of aldehydes is 1. The van der Waals surface area contributed by atoms with Crippen molar-refractivity contribution in [2.45, 2.75) is 58.8 Å². The first kappa shape index (κ1) is 32.6. The second-order valence-electron chi connectivity index (χ2n) is 13.0. The summed E-state index contributed by atoms with van der Waals surface area (Å²) in [5, 5.41) is 30.0. The summed E-state index contributed by atoms with van der Waals surface area (Å²) in [6, 6.07) is 18.6. The molecule has 0 saturated carbocycles. The van der Waals surface area contributed by atoms with Crippen molar-refractivity contribution in [2.24, 2.45) is 11.3 Å². The van der Waals surface area contributed by atoms with Gasteiger partial charge in [-0.3, -0.25) is 20.2 Å². The van der Waals surface area contributed by atoms with E-state index < -0.39 is 22.9 Å². The Labute approximate surface area is 276 Å². The summed E-state index contributed by atoms with van der Waals surface area (Å²) in [6.45, 7) is 5.07. The van der Waals surface area contributed by atoms with Crippen LogP contribution in [0.2, 0.25) is 0 Å². The number of carbonyl (C=O) groups is 3. The monoisotopic (exact) mass is 652 g/mol. The molecule has 12 heteroatoms. The number of carboxylic acid groups (broad SMARTS) is 1. The number of hydrogen-bond donors (Lipinski definition) is 2. The van der Waals surface area contributed by atoms with Crippen molar-refractivity contribution in [3.63, 3.8) is 0 Å². The highest BCUT2D eigenvalue weighted by atomic mass is 16.6. The van der Waals surface area contributed by atoms with Gasteiger partial charge in [0.1, 0.15) is 18.8 Å². The molecule has 0 bridgehead atoms. The second-order valence-corrected chi connectivity index (χ2v) is 13.0. The number of hydrogen-bond acceptors (Lipinski definition) is 8. The maximum Gasteiger partial charge on any atom is 0.411 e. The van der Waals surface area contributed by atoms with Crippen molar-refractivity contribution in [1.82, 2.24) is 9.78 Å². The van der Waals surface area contributed by atoms with E-state index in [1.807, 2.05) is 41.1 Å². The molecule has 2 unspecified atom stereocenters. The molecule has 1 saturated heterocycles. The zero-order chi connectivity index (χ0) is 34.0. The lowest BCUT2D eigenvalue weighted by Crippen LogP contribution is -2.30. The largest absolute Gasteiger partial charge is 0.481 e. The molecule has 1 aliphatic carbocycles. The van der Waals surface area contributed by atoms with E-state index in [-0.39, 0.29) is 41.6 Å². The number of fused-ring (bicyclic) bond motifs is 1. The van der Waals surface area contributed by atoms with E-state index in [4.69, 9.17) is 14.6 Å². The van der Waals surface area contributed by atoms with Crippen LogP contribution in [-0.4, -0.2) is 44.8 Å². The second kappa shape index (κ2) is 13.4. The van der Waals surface area contributed by atoms with Gasteiger partial charge < -0.3 is 19.4 Å². The fourth-order valence-corrected chi connectivity index (χ4v) is 6.39. The SMILES string of the molecule is CC1(C)CCc2c(-c3cccc(CC(C=O)C(=O)O)c3-c3ccc(NC(=O)OCc4ccccc4)cc3[N+](=O)[O-])nn(C3CCO3)c2C1. The Morgan fingerprint density at radius 1 is 1.17 bits per heavy atom. The maximum absolute atomic E-state index is 12.6. The summed E-state index contributed by atoms with van der Waals surface area (Å²) < 4.78 is 13.1. The number of benzene rings is 3. The highest BCUT2D eigenvalue weighted by Crippen LogP contribution is 2.46. The van der Waals surface area contributed by atoms with Gasteiger partial charge in [-0.1, -0.05) is 62.4 Å². The van der Waals surface area contributed by atoms with Crippen LogP contribution in [0.15, 0.2) is 66.7 Å². The lowest BCUT2D eigenvalue weighted by atomic mass is 9.75. The molecule has 2 heterocycles. The number of nitro benzene ring substituents is 1. The van der Waals surface area contributed by atoms with Crippen LogP contribution >= 0.6 is 0 Å². The van der Waals surface area contributed by atoms with Crippen LogP contribution in [0.1, 0.15) is 55.3 Å². The number of nitrogens with one attached hydrogen (secondary N) is 1. The van der Waals surface area contributed by atoms with Crippen LogP contribution < -0.4 is 5.32 Å². The number of carbonyl (C=O) groups excluding carboxylic acids is 2. The Hall–Kier alpha value is -5.36. The van der Waals surface area contributed by atoms with E-state index in [1.54, 1.807) is 12.1 Å². The predicted molar refractivity (Wildman–Crippen MR) is 176 cm³/mol.